The molecule has 1 N–H and O–H groups in total. The molecule has 0 spiro atoms. The van der Waals surface area contributed by atoms with E-state index in [1.54, 1.807) is 0 Å². The van der Waals surface area contributed by atoms with Crippen molar-refractivity contribution in [3.8, 4) is 11.4 Å². The van der Waals surface area contributed by atoms with E-state index in [0.29, 0.717) is 6.54 Å². The molecular weight excluding hydrogens is 410 g/mol. The maximum Gasteiger partial charge on any atom is 0.240 e. The minimum Gasteiger partial charge on any atom is -0.353 e. The van der Waals surface area contributed by atoms with Gasteiger partial charge in [0.2, 0.25) is 5.91 Å². The molecule has 6 nitrogen and oxygen atoms in total. The molecule has 0 aliphatic carbocycles. The van der Waals surface area contributed by atoms with E-state index in [2.05, 4.69) is 78.0 Å². The smallest absolute Gasteiger partial charge is 0.240 e. The van der Waals surface area contributed by atoms with Crippen LogP contribution in [0.1, 0.15) is 32.2 Å². The number of imidazole rings is 1. The number of carbonyl (C=O) groups is 1. The van der Waals surface area contributed by atoms with Crippen LogP contribution in [0.15, 0.2) is 42.5 Å². The Morgan fingerprint density at radius 1 is 0.970 bits per heavy atom. The van der Waals surface area contributed by atoms with E-state index >= 15 is 0 Å². The third-order valence-corrected chi connectivity index (χ3v) is 6.75. The molecule has 4 aromatic rings. The molecule has 4 rings (SSSR count). The van der Waals surface area contributed by atoms with Crippen LogP contribution in [0.25, 0.3) is 33.2 Å². The van der Waals surface area contributed by atoms with E-state index in [-0.39, 0.29) is 12.5 Å². The molecule has 0 saturated heterocycles. The molecule has 6 heteroatoms. The predicted molar refractivity (Wildman–Crippen MR) is 137 cm³/mol. The monoisotopic (exact) mass is 445 g/mol. The summed E-state index contributed by atoms with van der Waals surface area (Å²) < 4.78 is 4.39. The summed E-state index contributed by atoms with van der Waals surface area (Å²) in [4.78, 5) is 19.9. The van der Waals surface area contributed by atoms with E-state index in [1.807, 2.05) is 18.4 Å². The van der Waals surface area contributed by atoms with E-state index in [0.717, 1.165) is 49.0 Å². The topological polar surface area (TPSA) is 55.1 Å². The molecule has 2 heterocycles. The number of nitrogens with zero attached hydrogens (tertiary/aromatic N) is 4. The highest BCUT2D eigenvalue weighted by Gasteiger charge is 2.17. The highest BCUT2D eigenvalue weighted by atomic mass is 16.1. The van der Waals surface area contributed by atoms with Crippen molar-refractivity contribution in [1.29, 1.82) is 0 Å². The van der Waals surface area contributed by atoms with Crippen molar-refractivity contribution in [3.05, 3.63) is 53.9 Å². The van der Waals surface area contributed by atoms with Gasteiger partial charge in [-0.1, -0.05) is 32.0 Å². The first-order valence-electron chi connectivity index (χ1n) is 12.0. The number of carbonyl (C=O) groups excluding carboxylic acids is 1. The average Bonchev–Trinajstić information content (AvgIpc) is 3.30. The summed E-state index contributed by atoms with van der Waals surface area (Å²) in [5.41, 5.74) is 5.49. The Bertz CT molecular complexity index is 1280. The Morgan fingerprint density at radius 2 is 1.70 bits per heavy atom. The van der Waals surface area contributed by atoms with Crippen LogP contribution in [-0.4, -0.2) is 51.1 Å². The SMILES string of the molecule is CCN(CC)CCNC(=O)Cn1c(-c2ccc3c(c2)c2ccccc2n3CC)nc(C)c1C. The van der Waals surface area contributed by atoms with E-state index < -0.39 is 0 Å². The van der Waals surface area contributed by atoms with Crippen LogP contribution in [0.3, 0.4) is 0 Å². The van der Waals surface area contributed by atoms with Crippen molar-refractivity contribution in [2.24, 2.45) is 0 Å². The van der Waals surface area contributed by atoms with Gasteiger partial charge in [-0.2, -0.15) is 0 Å². The van der Waals surface area contributed by atoms with Gasteiger partial charge in [-0.15, -0.1) is 0 Å². The Hall–Kier alpha value is -3.12. The summed E-state index contributed by atoms with van der Waals surface area (Å²) in [5.74, 6) is 0.867. The number of para-hydroxylation sites is 1. The number of likely N-dealkylation sites (N-methyl/N-ethyl adjacent to an activating group) is 1. The Balaban J connectivity index is 1.65. The van der Waals surface area contributed by atoms with Gasteiger partial charge in [0.1, 0.15) is 12.4 Å². The molecule has 0 saturated carbocycles. The van der Waals surface area contributed by atoms with Crippen LogP contribution in [-0.2, 0) is 17.9 Å². The summed E-state index contributed by atoms with van der Waals surface area (Å²) in [6.45, 7) is 15.2. The van der Waals surface area contributed by atoms with Crippen LogP contribution in [0, 0.1) is 13.8 Å². The second-order valence-corrected chi connectivity index (χ2v) is 8.56. The lowest BCUT2D eigenvalue weighted by Gasteiger charge is -2.18. The Morgan fingerprint density at radius 3 is 2.42 bits per heavy atom. The molecule has 174 valence electrons. The summed E-state index contributed by atoms with van der Waals surface area (Å²) in [5, 5.41) is 5.55. The quantitative estimate of drug-likeness (QED) is 0.404. The third-order valence-electron chi connectivity index (χ3n) is 6.75. The second-order valence-electron chi connectivity index (χ2n) is 8.56. The first-order valence-corrected chi connectivity index (χ1v) is 12.0. The Kier molecular flexibility index (Phi) is 6.84. The molecule has 2 aromatic heterocycles. The summed E-state index contributed by atoms with van der Waals surface area (Å²) in [6, 6.07) is 15.1. The Labute approximate surface area is 196 Å². The largest absolute Gasteiger partial charge is 0.353 e. The second kappa shape index (κ2) is 9.79. The molecular formula is C27H35N5O. The van der Waals surface area contributed by atoms with Crippen LogP contribution < -0.4 is 5.32 Å². The molecule has 0 aliphatic heterocycles. The molecule has 2 aromatic carbocycles. The summed E-state index contributed by atoms with van der Waals surface area (Å²) in [7, 11) is 0. The fourth-order valence-corrected chi connectivity index (χ4v) is 4.69. The number of hydrogen-bond donors (Lipinski definition) is 1. The lowest BCUT2D eigenvalue weighted by Crippen LogP contribution is -2.36. The van der Waals surface area contributed by atoms with Crippen LogP contribution in [0.5, 0.6) is 0 Å². The zero-order valence-electron chi connectivity index (χ0n) is 20.5. The summed E-state index contributed by atoms with van der Waals surface area (Å²) in [6.07, 6.45) is 0. The van der Waals surface area contributed by atoms with Gasteiger partial charge < -0.3 is 19.4 Å². The van der Waals surface area contributed by atoms with Crippen LogP contribution >= 0.6 is 0 Å². The highest BCUT2D eigenvalue weighted by Crippen LogP contribution is 2.33. The first kappa shape index (κ1) is 23.1. The maximum atomic E-state index is 12.8. The fourth-order valence-electron chi connectivity index (χ4n) is 4.69. The van der Waals surface area contributed by atoms with E-state index in [1.165, 1.54) is 21.8 Å². The van der Waals surface area contributed by atoms with Crippen molar-refractivity contribution in [3.63, 3.8) is 0 Å². The molecule has 33 heavy (non-hydrogen) atoms. The highest BCUT2D eigenvalue weighted by molar-refractivity contribution is 6.09. The van der Waals surface area contributed by atoms with Crippen molar-refractivity contribution < 1.29 is 4.79 Å². The van der Waals surface area contributed by atoms with Gasteiger partial charge >= 0.3 is 0 Å². The predicted octanol–water partition coefficient (Wildman–Crippen LogP) is 4.75. The standard InChI is InChI=1S/C27H35N5O/c1-6-30(7-2)16-15-28-26(33)18-32-20(5)19(4)29-27(32)21-13-14-25-23(17-21)22-11-9-10-12-24(22)31(25)8-3/h9-14,17H,6-8,15-16,18H2,1-5H3,(H,28,33). The minimum absolute atomic E-state index is 0.0209. The number of benzene rings is 2. The molecule has 0 aliphatic rings. The van der Waals surface area contributed by atoms with Crippen molar-refractivity contribution in [1.82, 2.24) is 24.3 Å². The van der Waals surface area contributed by atoms with Gasteiger partial charge in [-0.3, -0.25) is 4.79 Å². The molecule has 0 bridgehead atoms. The number of rotatable bonds is 9. The number of amides is 1. The number of hydrogen-bond acceptors (Lipinski definition) is 3. The van der Waals surface area contributed by atoms with Gasteiger partial charge in [0.15, 0.2) is 0 Å². The normalized spacial score (nSPS) is 11.7. The fraction of sp³-hybridized carbons (Fsp3) is 0.407. The lowest BCUT2D eigenvalue weighted by atomic mass is 10.1. The van der Waals surface area contributed by atoms with Gasteiger partial charge in [-0.25, -0.2) is 4.98 Å². The van der Waals surface area contributed by atoms with Gasteiger partial charge in [0, 0.05) is 52.7 Å². The number of nitrogens with one attached hydrogen (secondary N) is 1. The number of aryl methyl sites for hydroxylation is 2. The zero-order chi connectivity index (χ0) is 23.5. The molecule has 0 radical (unpaired) electrons. The van der Waals surface area contributed by atoms with Crippen LogP contribution in [0.4, 0.5) is 0 Å². The minimum atomic E-state index is 0.0209. The molecule has 1 amide bonds. The first-order chi connectivity index (χ1) is 16.0. The zero-order valence-corrected chi connectivity index (χ0v) is 20.5. The van der Waals surface area contributed by atoms with E-state index in [4.69, 9.17) is 4.98 Å². The van der Waals surface area contributed by atoms with Crippen molar-refractivity contribution in [2.75, 3.05) is 26.2 Å². The molecule has 0 fully saturated rings. The van der Waals surface area contributed by atoms with Crippen LogP contribution in [0.2, 0.25) is 0 Å². The average molecular weight is 446 g/mol. The number of fused-ring (bicyclic) bond motifs is 3. The number of aromatic nitrogens is 3. The lowest BCUT2D eigenvalue weighted by molar-refractivity contribution is -0.121. The molecule has 0 atom stereocenters. The van der Waals surface area contributed by atoms with Gasteiger partial charge in [0.05, 0.1) is 5.69 Å². The van der Waals surface area contributed by atoms with E-state index in [9.17, 15) is 4.79 Å². The summed E-state index contributed by atoms with van der Waals surface area (Å²) >= 11 is 0. The van der Waals surface area contributed by atoms with Gasteiger partial charge in [-0.05, 0) is 58.1 Å². The van der Waals surface area contributed by atoms with Crippen molar-refractivity contribution in [2.45, 2.75) is 47.7 Å². The van der Waals surface area contributed by atoms with Gasteiger partial charge in [0.25, 0.3) is 0 Å². The third kappa shape index (κ3) is 4.40. The van der Waals surface area contributed by atoms with Crippen molar-refractivity contribution >= 4 is 27.7 Å². The molecule has 0 unspecified atom stereocenters. The maximum absolute atomic E-state index is 12.8.